The zero-order chi connectivity index (χ0) is 13.1. The molecule has 0 aliphatic carbocycles. The Balaban J connectivity index is 2.36. The molecule has 1 aromatic carbocycles. The molecule has 2 rings (SSSR count). The average molecular weight is 262 g/mol. The number of hydrogen-bond acceptors (Lipinski definition) is 1. The Morgan fingerprint density at radius 1 is 1.33 bits per heavy atom. The minimum Gasteiger partial charge on any atom is -0.341 e. The molecule has 0 saturated heterocycles. The molecule has 96 valence electrons. The first-order valence-corrected chi connectivity index (χ1v) is 6.91. The van der Waals surface area contributed by atoms with Crippen molar-refractivity contribution < 1.29 is 0 Å². The second kappa shape index (κ2) is 5.62. The Bertz CT molecular complexity index is 500. The molecule has 18 heavy (non-hydrogen) atoms. The number of benzene rings is 1. The molecule has 1 aromatic rings. The highest BCUT2D eigenvalue weighted by molar-refractivity contribution is 6.30. The van der Waals surface area contributed by atoms with Crippen LogP contribution in [0.5, 0.6) is 0 Å². The molecule has 0 bridgehead atoms. The van der Waals surface area contributed by atoms with Crippen LogP contribution in [0.15, 0.2) is 41.6 Å². The lowest BCUT2D eigenvalue weighted by molar-refractivity contribution is 0.961. The van der Waals surface area contributed by atoms with Gasteiger partial charge in [-0.3, -0.25) is 0 Å². The number of halogens is 1. The minimum absolute atomic E-state index is 0.807. The molecule has 0 radical (unpaired) electrons. The van der Waals surface area contributed by atoms with Gasteiger partial charge in [0.1, 0.15) is 0 Å². The third kappa shape index (κ3) is 2.62. The van der Waals surface area contributed by atoms with Gasteiger partial charge in [-0.2, -0.15) is 0 Å². The van der Waals surface area contributed by atoms with Crippen molar-refractivity contribution in [3.8, 4) is 0 Å². The van der Waals surface area contributed by atoms with Crippen LogP contribution in [-0.2, 0) is 0 Å². The van der Waals surface area contributed by atoms with Gasteiger partial charge in [-0.15, -0.1) is 0 Å². The van der Waals surface area contributed by atoms with Gasteiger partial charge in [0, 0.05) is 23.0 Å². The van der Waals surface area contributed by atoms with Crippen molar-refractivity contribution in [1.29, 1.82) is 0 Å². The van der Waals surface area contributed by atoms with Crippen molar-refractivity contribution in [2.45, 2.75) is 33.6 Å². The topological polar surface area (TPSA) is 3.24 Å². The monoisotopic (exact) mass is 261 g/mol. The molecule has 1 aliphatic rings. The molecule has 2 heteroatoms. The van der Waals surface area contributed by atoms with Crippen LogP contribution in [0, 0.1) is 6.92 Å². The normalized spacial score (nSPS) is 16.1. The molecule has 0 aromatic heterocycles. The van der Waals surface area contributed by atoms with Crippen LogP contribution in [0.4, 0.5) is 5.69 Å². The first kappa shape index (κ1) is 13.2. The van der Waals surface area contributed by atoms with Crippen molar-refractivity contribution in [1.82, 2.24) is 0 Å². The zero-order valence-electron chi connectivity index (χ0n) is 11.3. The quantitative estimate of drug-likeness (QED) is 0.732. The van der Waals surface area contributed by atoms with Crippen LogP contribution >= 0.6 is 11.6 Å². The van der Waals surface area contributed by atoms with E-state index >= 15 is 0 Å². The molecule has 0 atom stereocenters. The molecule has 1 heterocycles. The Hall–Kier alpha value is -1.21. The fourth-order valence-corrected chi connectivity index (χ4v) is 2.62. The van der Waals surface area contributed by atoms with Gasteiger partial charge in [-0.1, -0.05) is 24.6 Å². The van der Waals surface area contributed by atoms with Crippen molar-refractivity contribution in [3.63, 3.8) is 0 Å². The molecular weight excluding hydrogens is 242 g/mol. The lowest BCUT2D eigenvalue weighted by Gasteiger charge is -2.23. The summed E-state index contributed by atoms with van der Waals surface area (Å²) in [7, 11) is 0. The van der Waals surface area contributed by atoms with E-state index in [-0.39, 0.29) is 0 Å². The summed E-state index contributed by atoms with van der Waals surface area (Å²) in [4.78, 5) is 2.40. The van der Waals surface area contributed by atoms with Gasteiger partial charge >= 0.3 is 0 Å². The van der Waals surface area contributed by atoms with E-state index < -0.39 is 0 Å². The summed E-state index contributed by atoms with van der Waals surface area (Å²) in [5, 5.41) is 0.807. The first-order chi connectivity index (χ1) is 8.63. The predicted molar refractivity (Wildman–Crippen MR) is 80.3 cm³/mol. The Kier molecular flexibility index (Phi) is 4.13. The van der Waals surface area contributed by atoms with Crippen LogP contribution in [0.25, 0.3) is 0 Å². The fraction of sp³-hybridized carbons (Fsp3) is 0.375. The van der Waals surface area contributed by atoms with Gasteiger partial charge in [0.15, 0.2) is 0 Å². The van der Waals surface area contributed by atoms with Crippen LogP contribution in [0.3, 0.4) is 0 Å². The number of aryl methyl sites for hydroxylation is 1. The van der Waals surface area contributed by atoms with Crippen LogP contribution < -0.4 is 4.90 Å². The van der Waals surface area contributed by atoms with Crippen molar-refractivity contribution in [3.05, 3.63) is 52.2 Å². The van der Waals surface area contributed by atoms with Gasteiger partial charge in [0.25, 0.3) is 0 Å². The fourth-order valence-electron chi connectivity index (χ4n) is 2.39. The van der Waals surface area contributed by atoms with E-state index in [1.807, 2.05) is 12.1 Å². The zero-order valence-corrected chi connectivity index (χ0v) is 12.1. The van der Waals surface area contributed by atoms with Gasteiger partial charge in [0.05, 0.1) is 0 Å². The number of hydrogen-bond donors (Lipinski definition) is 0. The van der Waals surface area contributed by atoms with Gasteiger partial charge in [0.2, 0.25) is 0 Å². The van der Waals surface area contributed by atoms with Crippen molar-refractivity contribution in [2.75, 3.05) is 11.4 Å². The lowest BCUT2D eigenvalue weighted by Crippen LogP contribution is -2.18. The smallest absolute Gasteiger partial charge is 0.0441 e. The lowest BCUT2D eigenvalue weighted by atomic mass is 10.1. The van der Waals surface area contributed by atoms with Crippen LogP contribution in [0.2, 0.25) is 5.02 Å². The third-order valence-electron chi connectivity index (χ3n) is 3.40. The molecule has 0 unspecified atom stereocenters. The number of nitrogens with zero attached hydrogens (tertiary/aromatic N) is 1. The molecule has 0 N–H and O–H groups in total. The Morgan fingerprint density at radius 2 is 2.11 bits per heavy atom. The van der Waals surface area contributed by atoms with E-state index in [1.54, 1.807) is 0 Å². The largest absolute Gasteiger partial charge is 0.341 e. The molecule has 1 nitrogen and oxygen atoms in total. The van der Waals surface area contributed by atoms with Gasteiger partial charge < -0.3 is 4.90 Å². The maximum atomic E-state index is 6.03. The first-order valence-electron chi connectivity index (χ1n) is 6.53. The van der Waals surface area contributed by atoms with E-state index in [2.05, 4.69) is 43.9 Å². The molecular formula is C16H20ClN. The van der Waals surface area contributed by atoms with E-state index in [9.17, 15) is 0 Å². The summed E-state index contributed by atoms with van der Waals surface area (Å²) in [6.45, 7) is 7.58. The second-order valence-corrected chi connectivity index (χ2v) is 5.25. The standard InChI is InChI=1S/C16H20ClN/c1-4-5-6-15-12(2)9-10-18(15)16-8-7-14(17)11-13(16)3/h5-8,11H,4,9-10H2,1-3H3/b6-5-. The van der Waals surface area contributed by atoms with E-state index in [4.69, 9.17) is 11.6 Å². The highest BCUT2D eigenvalue weighted by Gasteiger charge is 2.20. The molecule has 1 aliphatic heterocycles. The third-order valence-corrected chi connectivity index (χ3v) is 3.63. The van der Waals surface area contributed by atoms with Gasteiger partial charge in [-0.25, -0.2) is 0 Å². The Labute approximate surface area is 115 Å². The highest BCUT2D eigenvalue weighted by Crippen LogP contribution is 2.33. The summed E-state index contributed by atoms with van der Waals surface area (Å²) in [5.41, 5.74) is 5.32. The average Bonchev–Trinajstić information content (AvgIpc) is 2.68. The SMILES string of the molecule is CC/C=C\C1=C(C)CCN1c1ccc(Cl)cc1C. The molecule has 0 spiro atoms. The summed E-state index contributed by atoms with van der Waals surface area (Å²) in [6, 6.07) is 6.13. The van der Waals surface area contributed by atoms with Crippen molar-refractivity contribution in [2.24, 2.45) is 0 Å². The van der Waals surface area contributed by atoms with Crippen LogP contribution in [-0.4, -0.2) is 6.54 Å². The Morgan fingerprint density at radius 3 is 2.78 bits per heavy atom. The summed E-state index contributed by atoms with van der Waals surface area (Å²) < 4.78 is 0. The number of allylic oxidation sites excluding steroid dienone is 2. The molecule has 0 fully saturated rings. The molecule has 0 amide bonds. The van der Waals surface area contributed by atoms with E-state index in [1.165, 1.54) is 22.5 Å². The van der Waals surface area contributed by atoms with E-state index in [0.29, 0.717) is 0 Å². The summed E-state index contributed by atoms with van der Waals surface area (Å²) in [5.74, 6) is 0. The number of anilines is 1. The van der Waals surface area contributed by atoms with Gasteiger partial charge in [-0.05, 0) is 62.1 Å². The van der Waals surface area contributed by atoms with Crippen molar-refractivity contribution >= 4 is 17.3 Å². The molecule has 0 saturated carbocycles. The highest BCUT2D eigenvalue weighted by atomic mass is 35.5. The maximum Gasteiger partial charge on any atom is 0.0441 e. The van der Waals surface area contributed by atoms with E-state index in [0.717, 1.165) is 24.4 Å². The minimum atomic E-state index is 0.807. The summed E-state index contributed by atoms with van der Waals surface area (Å²) in [6.07, 6.45) is 6.69. The second-order valence-electron chi connectivity index (χ2n) is 4.81. The maximum absolute atomic E-state index is 6.03. The van der Waals surface area contributed by atoms with Crippen LogP contribution in [0.1, 0.15) is 32.3 Å². The predicted octanol–water partition coefficient (Wildman–Crippen LogP) is 5.10. The summed E-state index contributed by atoms with van der Waals surface area (Å²) >= 11 is 6.03. The number of rotatable bonds is 3.